The van der Waals surface area contributed by atoms with Crippen LogP contribution >= 0.6 is 0 Å². The lowest BCUT2D eigenvalue weighted by Gasteiger charge is -2.13. The predicted octanol–water partition coefficient (Wildman–Crippen LogP) is 2.73. The third kappa shape index (κ3) is 3.44. The average molecular weight is 312 g/mol. The van der Waals surface area contributed by atoms with Crippen LogP contribution in [-0.2, 0) is 13.0 Å². The van der Waals surface area contributed by atoms with Gasteiger partial charge < -0.3 is 14.8 Å². The van der Waals surface area contributed by atoms with Gasteiger partial charge in [0.25, 0.3) is 5.91 Å². The number of amides is 1. The second-order valence-electron chi connectivity index (χ2n) is 5.55. The molecule has 2 heterocycles. The summed E-state index contributed by atoms with van der Waals surface area (Å²) in [6.07, 6.45) is 4.27. The summed E-state index contributed by atoms with van der Waals surface area (Å²) >= 11 is 0. The molecule has 0 radical (unpaired) electrons. The van der Waals surface area contributed by atoms with Crippen LogP contribution in [-0.4, -0.2) is 23.6 Å². The molecule has 0 aliphatic carbocycles. The van der Waals surface area contributed by atoms with Gasteiger partial charge in [0.15, 0.2) is 0 Å². The van der Waals surface area contributed by atoms with Crippen LogP contribution in [0.5, 0.6) is 11.5 Å². The number of fused-ring (bicyclic) bond motifs is 1. The molecule has 0 saturated carbocycles. The van der Waals surface area contributed by atoms with E-state index in [0.717, 1.165) is 29.0 Å². The van der Waals surface area contributed by atoms with Crippen LogP contribution in [0.2, 0.25) is 0 Å². The molecule has 120 valence electrons. The molecule has 5 heteroatoms. The SMILES string of the molecule is CCOc1cc2c(cc1CNC(=O)c1ccncc1)OC(C)C2. The van der Waals surface area contributed by atoms with Crippen LogP contribution < -0.4 is 14.8 Å². The largest absolute Gasteiger partial charge is 0.494 e. The number of rotatable bonds is 5. The van der Waals surface area contributed by atoms with Crippen molar-refractivity contribution >= 4 is 5.91 Å². The summed E-state index contributed by atoms with van der Waals surface area (Å²) in [5.74, 6) is 1.55. The second-order valence-corrected chi connectivity index (χ2v) is 5.55. The Hall–Kier alpha value is -2.56. The zero-order chi connectivity index (χ0) is 16.2. The van der Waals surface area contributed by atoms with E-state index in [9.17, 15) is 4.79 Å². The van der Waals surface area contributed by atoms with Crippen LogP contribution in [0.1, 0.15) is 35.3 Å². The normalized spacial score (nSPS) is 15.7. The number of ether oxygens (including phenoxy) is 2. The van der Waals surface area contributed by atoms with Crippen LogP contribution in [0, 0.1) is 0 Å². The molecular formula is C18H20N2O3. The van der Waals surface area contributed by atoms with E-state index in [1.807, 2.05) is 26.0 Å². The first kappa shape index (κ1) is 15.3. The highest BCUT2D eigenvalue weighted by Gasteiger charge is 2.22. The highest BCUT2D eigenvalue weighted by molar-refractivity contribution is 5.93. The molecule has 1 atom stereocenters. The average Bonchev–Trinajstić information content (AvgIpc) is 2.92. The van der Waals surface area contributed by atoms with Crippen molar-refractivity contribution in [3.05, 3.63) is 53.3 Å². The fourth-order valence-electron chi connectivity index (χ4n) is 2.69. The summed E-state index contributed by atoms with van der Waals surface area (Å²) in [6.45, 7) is 4.97. The molecule has 1 aliphatic heterocycles. The van der Waals surface area contributed by atoms with Gasteiger partial charge in [-0.15, -0.1) is 0 Å². The predicted molar refractivity (Wildman–Crippen MR) is 86.8 cm³/mol. The fraction of sp³-hybridized carbons (Fsp3) is 0.333. The van der Waals surface area contributed by atoms with Crippen molar-refractivity contribution in [1.82, 2.24) is 10.3 Å². The Kier molecular flexibility index (Phi) is 4.46. The maximum Gasteiger partial charge on any atom is 0.251 e. The summed E-state index contributed by atoms with van der Waals surface area (Å²) < 4.78 is 11.5. The van der Waals surface area contributed by atoms with Gasteiger partial charge in [0.2, 0.25) is 0 Å². The minimum absolute atomic E-state index is 0.135. The molecule has 5 nitrogen and oxygen atoms in total. The smallest absolute Gasteiger partial charge is 0.251 e. The minimum Gasteiger partial charge on any atom is -0.494 e. The number of aromatic nitrogens is 1. The summed E-state index contributed by atoms with van der Waals surface area (Å²) in [7, 11) is 0. The van der Waals surface area contributed by atoms with E-state index >= 15 is 0 Å². The van der Waals surface area contributed by atoms with Gasteiger partial charge >= 0.3 is 0 Å². The number of benzene rings is 1. The van der Waals surface area contributed by atoms with Crippen molar-refractivity contribution in [2.75, 3.05) is 6.61 Å². The number of hydrogen-bond acceptors (Lipinski definition) is 4. The van der Waals surface area contributed by atoms with Crippen molar-refractivity contribution in [3.8, 4) is 11.5 Å². The molecule has 0 saturated heterocycles. The molecule has 0 spiro atoms. The first-order valence-corrected chi connectivity index (χ1v) is 7.81. The molecule has 2 aromatic rings. The van der Waals surface area contributed by atoms with Gasteiger partial charge in [-0.25, -0.2) is 0 Å². The van der Waals surface area contributed by atoms with Gasteiger partial charge in [0.1, 0.15) is 17.6 Å². The van der Waals surface area contributed by atoms with Gasteiger partial charge in [-0.05, 0) is 38.1 Å². The number of carbonyl (C=O) groups is 1. The molecule has 23 heavy (non-hydrogen) atoms. The molecule has 0 fully saturated rings. The maximum atomic E-state index is 12.2. The van der Waals surface area contributed by atoms with Crippen LogP contribution in [0.4, 0.5) is 0 Å². The van der Waals surface area contributed by atoms with Crippen molar-refractivity contribution in [2.24, 2.45) is 0 Å². The van der Waals surface area contributed by atoms with E-state index in [1.54, 1.807) is 24.5 Å². The summed E-state index contributed by atoms with van der Waals surface area (Å²) in [4.78, 5) is 16.1. The molecule has 1 aromatic carbocycles. The van der Waals surface area contributed by atoms with E-state index in [1.165, 1.54) is 0 Å². The number of nitrogens with one attached hydrogen (secondary N) is 1. The van der Waals surface area contributed by atoms with Gasteiger partial charge in [-0.2, -0.15) is 0 Å². The second kappa shape index (κ2) is 6.69. The first-order valence-electron chi connectivity index (χ1n) is 7.81. The number of carbonyl (C=O) groups excluding carboxylic acids is 1. The van der Waals surface area contributed by atoms with Crippen molar-refractivity contribution in [1.29, 1.82) is 0 Å². The molecule has 3 rings (SSSR count). The minimum atomic E-state index is -0.135. The monoisotopic (exact) mass is 312 g/mol. The lowest BCUT2D eigenvalue weighted by atomic mass is 10.1. The Bertz CT molecular complexity index is 701. The Balaban J connectivity index is 1.76. The summed E-state index contributed by atoms with van der Waals surface area (Å²) in [5, 5.41) is 2.91. The topological polar surface area (TPSA) is 60.5 Å². The van der Waals surface area contributed by atoms with E-state index in [0.29, 0.717) is 18.7 Å². The fourth-order valence-corrected chi connectivity index (χ4v) is 2.69. The van der Waals surface area contributed by atoms with Crippen LogP contribution in [0.25, 0.3) is 0 Å². The maximum absolute atomic E-state index is 12.2. The van der Waals surface area contributed by atoms with Crippen molar-refractivity contribution < 1.29 is 14.3 Å². The van der Waals surface area contributed by atoms with Crippen LogP contribution in [0.15, 0.2) is 36.7 Å². The van der Waals surface area contributed by atoms with E-state index in [4.69, 9.17) is 9.47 Å². The highest BCUT2D eigenvalue weighted by atomic mass is 16.5. The molecule has 0 bridgehead atoms. The highest BCUT2D eigenvalue weighted by Crippen LogP contribution is 2.35. The van der Waals surface area contributed by atoms with E-state index in [2.05, 4.69) is 10.3 Å². The molecule has 1 unspecified atom stereocenters. The molecule has 1 aliphatic rings. The Labute approximate surface area is 135 Å². The van der Waals surface area contributed by atoms with Crippen LogP contribution in [0.3, 0.4) is 0 Å². The third-order valence-electron chi connectivity index (χ3n) is 3.76. The van der Waals surface area contributed by atoms with Gasteiger partial charge in [0.05, 0.1) is 6.61 Å². The van der Waals surface area contributed by atoms with E-state index < -0.39 is 0 Å². The zero-order valence-electron chi connectivity index (χ0n) is 13.3. The number of nitrogens with zero attached hydrogens (tertiary/aromatic N) is 1. The van der Waals surface area contributed by atoms with Gasteiger partial charge in [-0.1, -0.05) is 0 Å². The van der Waals surface area contributed by atoms with Gasteiger partial charge in [-0.3, -0.25) is 9.78 Å². The third-order valence-corrected chi connectivity index (χ3v) is 3.76. The lowest BCUT2D eigenvalue weighted by molar-refractivity contribution is 0.0950. The quantitative estimate of drug-likeness (QED) is 0.922. The Morgan fingerprint density at radius 1 is 1.39 bits per heavy atom. The summed E-state index contributed by atoms with van der Waals surface area (Å²) in [6, 6.07) is 7.37. The molecule has 1 aromatic heterocycles. The summed E-state index contributed by atoms with van der Waals surface area (Å²) in [5.41, 5.74) is 2.66. The standard InChI is InChI=1S/C18H20N2O3/c1-3-22-16-9-14-8-12(2)23-17(14)10-15(16)11-20-18(21)13-4-6-19-7-5-13/h4-7,9-10,12H,3,8,11H2,1-2H3,(H,20,21). The van der Waals surface area contributed by atoms with Crippen molar-refractivity contribution in [3.63, 3.8) is 0 Å². The lowest BCUT2D eigenvalue weighted by Crippen LogP contribution is -2.23. The number of pyridine rings is 1. The molecule has 1 N–H and O–H groups in total. The molecule has 1 amide bonds. The number of hydrogen-bond donors (Lipinski definition) is 1. The van der Waals surface area contributed by atoms with Gasteiger partial charge in [0, 0.05) is 42.0 Å². The zero-order valence-corrected chi connectivity index (χ0v) is 13.3. The Morgan fingerprint density at radius 2 is 2.17 bits per heavy atom. The van der Waals surface area contributed by atoms with Crippen molar-refractivity contribution in [2.45, 2.75) is 32.9 Å². The first-order chi connectivity index (χ1) is 11.2. The van der Waals surface area contributed by atoms with E-state index in [-0.39, 0.29) is 12.0 Å². The molecular weight excluding hydrogens is 292 g/mol. The Morgan fingerprint density at radius 3 is 2.91 bits per heavy atom.